The van der Waals surface area contributed by atoms with Crippen LogP contribution in [0.2, 0.25) is 0 Å². The van der Waals surface area contributed by atoms with Gasteiger partial charge in [0, 0.05) is 0 Å². The summed E-state index contributed by atoms with van der Waals surface area (Å²) in [7, 11) is 0. The van der Waals surface area contributed by atoms with Gasteiger partial charge in [-0.25, -0.2) is 0 Å². The van der Waals surface area contributed by atoms with Crippen LogP contribution in [0.3, 0.4) is 0 Å². The Bertz CT molecular complexity index is 61.9. The zero-order valence-electron chi connectivity index (χ0n) is 6.17. The van der Waals surface area contributed by atoms with Gasteiger partial charge in [-0.05, 0) is 13.3 Å². The minimum absolute atomic E-state index is 0.523. The van der Waals surface area contributed by atoms with Gasteiger partial charge in [-0.1, -0.05) is 19.8 Å². The summed E-state index contributed by atoms with van der Waals surface area (Å²) in [6.07, 6.45) is 1.69. The Morgan fingerprint density at radius 3 is 2.44 bits per heavy atom. The molecule has 2 heteroatoms. The molecule has 2 nitrogen and oxygen atoms in total. The third-order valence-corrected chi connectivity index (χ3v) is 1.41. The summed E-state index contributed by atoms with van der Waals surface area (Å²) in [5, 5.41) is 17.8. The first-order valence-corrected chi connectivity index (χ1v) is 3.54. The van der Waals surface area contributed by atoms with Crippen LogP contribution in [0.15, 0.2) is 0 Å². The fraction of sp³-hybridized carbons (Fsp3) is 1.00. The van der Waals surface area contributed by atoms with Crippen LogP contribution in [0.5, 0.6) is 0 Å². The van der Waals surface area contributed by atoms with E-state index in [1.807, 2.05) is 0 Å². The summed E-state index contributed by atoms with van der Waals surface area (Å²) in [5.41, 5.74) is 0. The topological polar surface area (TPSA) is 40.5 Å². The fourth-order valence-electron chi connectivity index (χ4n) is 0.654. The van der Waals surface area contributed by atoms with Gasteiger partial charge in [0.1, 0.15) is 0 Å². The maximum absolute atomic E-state index is 9.01. The largest absolute Gasteiger partial charge is 0.391 e. The summed E-state index contributed by atoms with van der Waals surface area (Å²) < 4.78 is 0. The van der Waals surface area contributed by atoms with Gasteiger partial charge in [-0.2, -0.15) is 0 Å². The molecule has 0 saturated heterocycles. The second kappa shape index (κ2) is 4.77. The van der Waals surface area contributed by atoms with E-state index >= 15 is 0 Å². The molecule has 0 aromatic carbocycles. The maximum Gasteiger partial charge on any atom is 0.0796 e. The maximum atomic E-state index is 9.01. The minimum Gasteiger partial charge on any atom is -0.391 e. The highest BCUT2D eigenvalue weighted by molar-refractivity contribution is 4.60. The first-order valence-electron chi connectivity index (χ1n) is 3.54. The van der Waals surface area contributed by atoms with Crippen molar-refractivity contribution in [3.05, 3.63) is 0 Å². The van der Waals surface area contributed by atoms with Crippen molar-refractivity contribution in [3.8, 4) is 0 Å². The van der Waals surface area contributed by atoms with Gasteiger partial charge in [-0.15, -0.1) is 0 Å². The van der Waals surface area contributed by atoms with Crippen molar-refractivity contribution in [2.75, 3.05) is 0 Å². The van der Waals surface area contributed by atoms with Crippen LogP contribution in [0, 0.1) is 0 Å². The Labute approximate surface area is 56.5 Å². The Morgan fingerprint density at radius 2 is 2.11 bits per heavy atom. The van der Waals surface area contributed by atoms with Crippen molar-refractivity contribution < 1.29 is 10.2 Å². The zero-order chi connectivity index (χ0) is 7.28. The minimum atomic E-state index is -0.573. The Balaban J connectivity index is 3.16. The van der Waals surface area contributed by atoms with Crippen molar-refractivity contribution in [3.63, 3.8) is 0 Å². The highest BCUT2D eigenvalue weighted by Crippen LogP contribution is 2.03. The van der Waals surface area contributed by atoms with Gasteiger partial charge >= 0.3 is 0 Å². The Kier molecular flexibility index (Phi) is 4.72. The zero-order valence-corrected chi connectivity index (χ0v) is 6.17. The van der Waals surface area contributed by atoms with E-state index in [0.717, 1.165) is 12.8 Å². The Morgan fingerprint density at radius 1 is 1.56 bits per heavy atom. The lowest BCUT2D eigenvalue weighted by Crippen LogP contribution is -2.21. The molecule has 0 radical (unpaired) electrons. The van der Waals surface area contributed by atoms with Crippen LogP contribution >= 0.6 is 0 Å². The third-order valence-electron chi connectivity index (χ3n) is 1.41. The summed E-state index contributed by atoms with van der Waals surface area (Å²) >= 11 is 0. The fourth-order valence-corrected chi connectivity index (χ4v) is 0.654. The number of aliphatic hydroxyl groups excluding tert-OH is 2. The standard InChI is InChI=1S/C7H16O2/c1-3-4-5-7(9)6(2)8/h6-9H,3-5H2,1-2H3/t6-,7+/m1/s1/i8+2. The molecular weight excluding hydrogens is 118 g/mol. The molecule has 0 saturated carbocycles. The summed E-state index contributed by atoms with van der Waals surface area (Å²) in [4.78, 5) is 0. The van der Waals surface area contributed by atoms with Crippen LogP contribution in [-0.4, -0.2) is 22.4 Å². The molecule has 2 atom stereocenters. The SMILES string of the molecule is CCCC[C@H](O)[C@@H](C)[18OH]. The van der Waals surface area contributed by atoms with Crippen molar-refractivity contribution >= 4 is 0 Å². The van der Waals surface area contributed by atoms with E-state index in [9.17, 15) is 0 Å². The molecule has 0 spiro atoms. The van der Waals surface area contributed by atoms with Gasteiger partial charge < -0.3 is 10.2 Å². The molecule has 0 aromatic heterocycles. The summed E-state index contributed by atoms with van der Waals surface area (Å²) in [6, 6.07) is 0. The molecule has 9 heavy (non-hydrogen) atoms. The highest BCUT2D eigenvalue weighted by atomic mass is 18.2. The molecular formula is C7H16O2. The van der Waals surface area contributed by atoms with Crippen LogP contribution in [-0.2, 0) is 0 Å². The number of hydrogen-bond donors (Lipinski definition) is 2. The summed E-state index contributed by atoms with van der Waals surface area (Å²) in [6.45, 7) is 3.68. The van der Waals surface area contributed by atoms with E-state index in [1.165, 1.54) is 0 Å². The third kappa shape index (κ3) is 4.43. The number of unbranched alkanes of at least 4 members (excludes halogenated alkanes) is 1. The van der Waals surface area contributed by atoms with Crippen LogP contribution in [0.1, 0.15) is 33.1 Å². The van der Waals surface area contributed by atoms with Gasteiger partial charge in [-0.3, -0.25) is 0 Å². The first kappa shape index (κ1) is 8.92. The molecule has 0 aliphatic heterocycles. The van der Waals surface area contributed by atoms with Crippen molar-refractivity contribution in [1.29, 1.82) is 0 Å². The van der Waals surface area contributed by atoms with Crippen LogP contribution in [0.4, 0.5) is 0 Å². The predicted octanol–water partition coefficient (Wildman–Crippen LogP) is 0.918. The van der Waals surface area contributed by atoms with Gasteiger partial charge in [0.25, 0.3) is 0 Å². The molecule has 0 amide bonds. The van der Waals surface area contributed by atoms with Crippen LogP contribution in [0.25, 0.3) is 0 Å². The van der Waals surface area contributed by atoms with Gasteiger partial charge in [0.2, 0.25) is 0 Å². The molecule has 2 N–H and O–H groups in total. The van der Waals surface area contributed by atoms with E-state index in [1.54, 1.807) is 6.92 Å². The summed E-state index contributed by atoms with van der Waals surface area (Å²) in [5.74, 6) is 0. The van der Waals surface area contributed by atoms with E-state index in [4.69, 9.17) is 10.2 Å². The highest BCUT2D eigenvalue weighted by Gasteiger charge is 2.08. The molecule has 0 fully saturated rings. The lowest BCUT2D eigenvalue weighted by molar-refractivity contribution is 0.0250. The molecule has 0 aromatic rings. The average molecular weight is 134 g/mol. The lowest BCUT2D eigenvalue weighted by Gasteiger charge is -2.11. The Hall–Kier alpha value is -0.0800. The van der Waals surface area contributed by atoms with Gasteiger partial charge in [0.15, 0.2) is 0 Å². The van der Waals surface area contributed by atoms with Crippen molar-refractivity contribution in [2.24, 2.45) is 0 Å². The second-order valence-corrected chi connectivity index (χ2v) is 2.45. The van der Waals surface area contributed by atoms with Gasteiger partial charge in [0.05, 0.1) is 12.2 Å². The van der Waals surface area contributed by atoms with E-state index < -0.39 is 12.2 Å². The first-order chi connectivity index (χ1) is 4.18. The smallest absolute Gasteiger partial charge is 0.0796 e. The molecule has 0 rings (SSSR count). The number of hydrogen-bond acceptors (Lipinski definition) is 2. The molecule has 0 bridgehead atoms. The molecule has 0 aliphatic carbocycles. The predicted molar refractivity (Wildman–Crippen MR) is 37.2 cm³/mol. The second-order valence-electron chi connectivity index (χ2n) is 2.45. The van der Waals surface area contributed by atoms with Crippen molar-refractivity contribution in [2.45, 2.75) is 45.3 Å². The lowest BCUT2D eigenvalue weighted by atomic mass is 10.1. The van der Waals surface area contributed by atoms with Crippen LogP contribution < -0.4 is 0 Å². The molecule has 0 heterocycles. The van der Waals surface area contributed by atoms with E-state index in [0.29, 0.717) is 6.42 Å². The average Bonchev–Trinajstić information content (AvgIpc) is 1.82. The van der Waals surface area contributed by atoms with E-state index in [2.05, 4.69) is 6.92 Å². The molecule has 56 valence electrons. The monoisotopic (exact) mass is 134 g/mol. The van der Waals surface area contributed by atoms with E-state index in [-0.39, 0.29) is 0 Å². The normalized spacial score (nSPS) is 17.3. The molecule has 0 unspecified atom stereocenters. The quantitative estimate of drug-likeness (QED) is 0.561. The number of rotatable bonds is 4. The molecule has 0 aliphatic rings. The number of aliphatic hydroxyl groups is 2. The van der Waals surface area contributed by atoms with Crippen molar-refractivity contribution in [1.82, 2.24) is 0 Å².